The van der Waals surface area contributed by atoms with Crippen LogP contribution in [0, 0.1) is 45.3 Å². The van der Waals surface area contributed by atoms with Crippen LogP contribution in [0.5, 0.6) is 0 Å². The molecule has 0 amide bonds. The van der Waals surface area contributed by atoms with E-state index in [1.807, 2.05) is 78.9 Å². The molecule has 0 unspecified atom stereocenters. The molecule has 0 aliphatic heterocycles. The molecule has 2 aromatic heterocycles. The zero-order valence-electron chi connectivity index (χ0n) is 19.4. The fourth-order valence-electron chi connectivity index (χ4n) is 5.18. The molecule has 38 heavy (non-hydrogen) atoms. The smallest absolute Gasteiger partial charge is 0.139 e. The molecule has 2 heterocycles. The predicted octanol–water partition coefficient (Wildman–Crippen LogP) is 5.23. The largest absolute Gasteiger partial charge is 0.244 e. The van der Waals surface area contributed by atoms with Gasteiger partial charge < -0.3 is 0 Å². The molecule has 0 bridgehead atoms. The van der Waals surface area contributed by atoms with Crippen molar-refractivity contribution < 1.29 is 0 Å². The molecule has 7 rings (SSSR count). The Labute approximate surface area is 215 Å². The minimum Gasteiger partial charge on any atom is -0.244 e. The summed E-state index contributed by atoms with van der Waals surface area (Å²) in [5.74, 6) is 0. The van der Waals surface area contributed by atoms with Crippen LogP contribution in [0.4, 0.5) is 0 Å². The number of nitriles is 4. The number of aromatic nitrogens is 4. The number of benzene rings is 3. The Morgan fingerprint density at radius 2 is 0.763 bits per heavy atom. The van der Waals surface area contributed by atoms with Crippen molar-refractivity contribution >= 4 is 33.2 Å². The summed E-state index contributed by atoms with van der Waals surface area (Å²) in [7, 11) is 0. The third kappa shape index (κ3) is 2.69. The molecule has 0 saturated heterocycles. The molecule has 0 saturated carbocycles. The van der Waals surface area contributed by atoms with Crippen LogP contribution in [0.25, 0.3) is 55.7 Å². The Kier molecular flexibility index (Phi) is 4.24. The number of allylic oxidation sites excluding steroid dienone is 2. The molecule has 0 fully saturated rings. The van der Waals surface area contributed by atoms with E-state index < -0.39 is 0 Å². The molecule has 0 N–H and O–H groups in total. The summed E-state index contributed by atoms with van der Waals surface area (Å²) in [6.07, 6.45) is 0. The molecular formula is C30H10N8. The van der Waals surface area contributed by atoms with Crippen LogP contribution in [-0.2, 0) is 0 Å². The lowest BCUT2D eigenvalue weighted by Gasteiger charge is -2.07. The molecule has 0 spiro atoms. The van der Waals surface area contributed by atoms with E-state index >= 15 is 0 Å². The van der Waals surface area contributed by atoms with Crippen molar-refractivity contribution in [1.82, 2.24) is 19.9 Å². The molecular weight excluding hydrogens is 472 g/mol. The predicted molar refractivity (Wildman–Crippen MR) is 138 cm³/mol. The van der Waals surface area contributed by atoms with Crippen molar-refractivity contribution in [3.05, 3.63) is 94.3 Å². The Balaban J connectivity index is 1.54. The summed E-state index contributed by atoms with van der Waals surface area (Å²) in [6.45, 7) is 0. The SMILES string of the molecule is N#CC(C#N)=C1c2ccccc2-c2nc3cc4nc5c(nc4cc3nc21)C(=C(C#N)C#N)c1ccccc1-5. The van der Waals surface area contributed by atoms with Gasteiger partial charge in [-0.05, 0) is 23.3 Å². The molecule has 170 valence electrons. The van der Waals surface area contributed by atoms with Crippen LogP contribution in [0.2, 0.25) is 0 Å². The van der Waals surface area contributed by atoms with Gasteiger partial charge in [-0.25, -0.2) is 19.9 Å². The van der Waals surface area contributed by atoms with Crippen LogP contribution in [-0.4, -0.2) is 19.9 Å². The van der Waals surface area contributed by atoms with E-state index in [0.29, 0.717) is 56.0 Å². The van der Waals surface area contributed by atoms with E-state index in [9.17, 15) is 21.0 Å². The molecule has 8 nitrogen and oxygen atoms in total. The van der Waals surface area contributed by atoms with Gasteiger partial charge in [-0.3, -0.25) is 0 Å². The number of hydrogen-bond donors (Lipinski definition) is 0. The molecule has 8 heteroatoms. The molecule has 0 atom stereocenters. The lowest BCUT2D eigenvalue weighted by molar-refractivity contribution is 1.25. The van der Waals surface area contributed by atoms with Crippen LogP contribution in [0.1, 0.15) is 22.5 Å². The average molecular weight is 482 g/mol. The maximum Gasteiger partial charge on any atom is 0.139 e. The van der Waals surface area contributed by atoms with Gasteiger partial charge in [0.15, 0.2) is 0 Å². The number of rotatable bonds is 0. The van der Waals surface area contributed by atoms with Gasteiger partial charge in [0.1, 0.15) is 35.4 Å². The van der Waals surface area contributed by atoms with Crippen molar-refractivity contribution in [2.75, 3.05) is 0 Å². The first kappa shape index (κ1) is 21.1. The van der Waals surface area contributed by atoms with Gasteiger partial charge >= 0.3 is 0 Å². The lowest BCUT2D eigenvalue weighted by Crippen LogP contribution is -1.98. The van der Waals surface area contributed by atoms with Crippen molar-refractivity contribution in [2.24, 2.45) is 0 Å². The summed E-state index contributed by atoms with van der Waals surface area (Å²) < 4.78 is 0. The maximum absolute atomic E-state index is 9.62. The minimum absolute atomic E-state index is 0.0312. The Morgan fingerprint density at radius 3 is 1.11 bits per heavy atom. The first-order valence-electron chi connectivity index (χ1n) is 11.5. The average Bonchev–Trinajstić information content (AvgIpc) is 3.44. The van der Waals surface area contributed by atoms with Crippen LogP contribution in [0.3, 0.4) is 0 Å². The quantitative estimate of drug-likeness (QED) is 0.211. The molecule has 3 aromatic carbocycles. The maximum atomic E-state index is 9.62. The van der Waals surface area contributed by atoms with Gasteiger partial charge in [-0.1, -0.05) is 48.5 Å². The summed E-state index contributed by atoms with van der Waals surface area (Å²) in [5.41, 5.74) is 8.31. The molecule has 5 aromatic rings. The van der Waals surface area contributed by atoms with Crippen molar-refractivity contribution in [3.8, 4) is 46.8 Å². The van der Waals surface area contributed by atoms with Crippen LogP contribution in [0.15, 0.2) is 71.8 Å². The molecule has 2 aliphatic carbocycles. The zero-order valence-corrected chi connectivity index (χ0v) is 19.4. The summed E-state index contributed by atoms with van der Waals surface area (Å²) >= 11 is 0. The summed E-state index contributed by atoms with van der Waals surface area (Å²) in [4.78, 5) is 19.4. The summed E-state index contributed by atoms with van der Waals surface area (Å²) in [5, 5.41) is 38.5. The topological polar surface area (TPSA) is 147 Å². The van der Waals surface area contributed by atoms with Gasteiger partial charge in [-0.2, -0.15) is 21.0 Å². The third-order valence-corrected chi connectivity index (χ3v) is 6.77. The number of fused-ring (bicyclic) bond motifs is 8. The van der Waals surface area contributed by atoms with Crippen LogP contribution < -0.4 is 0 Å². The fourth-order valence-corrected chi connectivity index (χ4v) is 5.18. The van der Waals surface area contributed by atoms with E-state index in [4.69, 9.17) is 19.9 Å². The van der Waals surface area contributed by atoms with E-state index in [1.54, 1.807) is 6.07 Å². The highest BCUT2D eigenvalue weighted by Gasteiger charge is 2.31. The second-order valence-corrected chi connectivity index (χ2v) is 8.71. The van der Waals surface area contributed by atoms with Crippen LogP contribution >= 0.6 is 0 Å². The van der Waals surface area contributed by atoms with E-state index in [2.05, 4.69) is 0 Å². The van der Waals surface area contributed by atoms with Gasteiger partial charge in [0.25, 0.3) is 0 Å². The zero-order chi connectivity index (χ0) is 26.0. The van der Waals surface area contributed by atoms with Gasteiger partial charge in [0.2, 0.25) is 0 Å². The number of hydrogen-bond acceptors (Lipinski definition) is 8. The number of nitrogens with zero attached hydrogens (tertiary/aromatic N) is 8. The molecule has 2 aliphatic rings. The fraction of sp³-hybridized carbons (Fsp3) is 0. The second kappa shape index (κ2) is 7.64. The van der Waals surface area contributed by atoms with Crippen molar-refractivity contribution in [2.45, 2.75) is 0 Å². The van der Waals surface area contributed by atoms with Gasteiger partial charge in [0, 0.05) is 22.3 Å². The van der Waals surface area contributed by atoms with Crippen molar-refractivity contribution in [3.63, 3.8) is 0 Å². The minimum atomic E-state index is -0.0312. The second-order valence-electron chi connectivity index (χ2n) is 8.71. The highest BCUT2D eigenvalue weighted by molar-refractivity contribution is 6.06. The van der Waals surface area contributed by atoms with Gasteiger partial charge in [-0.15, -0.1) is 0 Å². The Morgan fingerprint density at radius 1 is 0.447 bits per heavy atom. The first-order valence-corrected chi connectivity index (χ1v) is 11.5. The highest BCUT2D eigenvalue weighted by Crippen LogP contribution is 2.46. The van der Waals surface area contributed by atoms with Gasteiger partial charge in [0.05, 0.1) is 44.8 Å². The normalized spacial score (nSPS) is 12.0. The molecule has 0 radical (unpaired) electrons. The van der Waals surface area contributed by atoms with E-state index in [1.165, 1.54) is 0 Å². The highest BCUT2D eigenvalue weighted by atomic mass is 14.9. The Hall–Kier alpha value is -6.22. The monoisotopic (exact) mass is 482 g/mol. The van der Waals surface area contributed by atoms with Crippen molar-refractivity contribution in [1.29, 1.82) is 21.0 Å². The van der Waals surface area contributed by atoms with E-state index in [0.717, 1.165) is 22.3 Å². The standard InChI is InChI=1S/C30H10N8/c31-11-15(12-32)25-17-5-1-3-7-19(17)27-29(25)37-23-10-24-22(9-21(23)35-27)36-28-20-8-4-2-6-18(20)26(30(28)38-24)16(13-33)14-34/h1-10H. The Bertz CT molecular complexity index is 1990. The summed E-state index contributed by atoms with van der Waals surface area (Å²) in [6, 6.07) is 26.5. The lowest BCUT2D eigenvalue weighted by atomic mass is 10.0. The first-order chi connectivity index (χ1) is 18.7. The third-order valence-electron chi connectivity index (χ3n) is 6.77. The van der Waals surface area contributed by atoms with E-state index in [-0.39, 0.29) is 11.1 Å².